The summed E-state index contributed by atoms with van der Waals surface area (Å²) in [5.41, 5.74) is 5.36. The Morgan fingerprint density at radius 2 is 1.85 bits per heavy atom. The normalized spacial score (nSPS) is 11.3. The molecule has 0 fully saturated rings. The molecule has 34 heavy (non-hydrogen) atoms. The Balaban J connectivity index is 1.35. The second-order valence-corrected chi connectivity index (χ2v) is 10.2. The minimum absolute atomic E-state index is 0.122. The number of fused-ring (bicyclic) bond motifs is 1. The molecule has 1 N–H and O–H groups in total. The van der Waals surface area contributed by atoms with Gasteiger partial charge in [-0.15, -0.1) is 10.2 Å². The zero-order valence-corrected chi connectivity index (χ0v) is 20.8. The quantitative estimate of drug-likeness (QED) is 0.321. The lowest BCUT2D eigenvalue weighted by molar-refractivity contribution is -0.113. The highest BCUT2D eigenvalue weighted by Crippen LogP contribution is 2.28. The molecule has 0 atom stereocenters. The zero-order chi connectivity index (χ0) is 23.7. The molecule has 3 heterocycles. The summed E-state index contributed by atoms with van der Waals surface area (Å²) in [6.07, 6.45) is 2.66. The molecule has 0 spiro atoms. The van der Waals surface area contributed by atoms with Crippen molar-refractivity contribution in [3.05, 3.63) is 83.4 Å². The van der Waals surface area contributed by atoms with Crippen molar-refractivity contribution in [3.8, 4) is 5.69 Å². The number of amides is 1. The zero-order valence-electron chi connectivity index (χ0n) is 19.1. The monoisotopic (exact) mass is 488 g/mol. The summed E-state index contributed by atoms with van der Waals surface area (Å²) in [7, 11) is 2.02. The number of hydrogen-bond acceptors (Lipinski definition) is 6. The Kier molecular flexibility index (Phi) is 6.21. The first-order valence-corrected chi connectivity index (χ1v) is 12.7. The lowest BCUT2D eigenvalue weighted by atomic mass is 10.2. The molecular formula is C25H24N6OS2. The van der Waals surface area contributed by atoms with Crippen molar-refractivity contribution in [1.29, 1.82) is 0 Å². The number of nitrogens with zero attached hydrogens (tertiary/aromatic N) is 5. The van der Waals surface area contributed by atoms with Gasteiger partial charge < -0.3 is 9.88 Å². The van der Waals surface area contributed by atoms with Gasteiger partial charge in [0, 0.05) is 31.0 Å². The van der Waals surface area contributed by atoms with Gasteiger partial charge in [-0.3, -0.25) is 9.36 Å². The Morgan fingerprint density at radius 1 is 1.06 bits per heavy atom. The topological polar surface area (TPSA) is 77.6 Å². The summed E-state index contributed by atoms with van der Waals surface area (Å²) in [5, 5.41) is 13.1. The van der Waals surface area contributed by atoms with Crippen molar-refractivity contribution in [2.45, 2.75) is 25.4 Å². The van der Waals surface area contributed by atoms with Gasteiger partial charge in [0.15, 0.2) is 10.3 Å². The molecule has 7 nitrogen and oxygen atoms in total. The molecule has 9 heteroatoms. The van der Waals surface area contributed by atoms with E-state index >= 15 is 0 Å². The standard InChI is InChI=1S/C25H24N6OS2/c1-16-6-9-18(10-7-16)31-22(14-19-5-4-12-30(19)3)28-29-25(31)33-15-23(32)27-24-26-20-11-8-17(2)13-21(20)34-24/h4-13H,14-15H2,1-3H3,(H,26,27,32). The minimum atomic E-state index is -0.122. The van der Waals surface area contributed by atoms with Crippen LogP contribution in [0.1, 0.15) is 22.6 Å². The Hall–Kier alpha value is -3.43. The van der Waals surface area contributed by atoms with Gasteiger partial charge in [-0.05, 0) is 55.8 Å². The van der Waals surface area contributed by atoms with E-state index in [1.54, 1.807) is 0 Å². The Bertz CT molecular complexity index is 1460. The average molecular weight is 489 g/mol. The van der Waals surface area contributed by atoms with E-state index in [1.165, 1.54) is 34.2 Å². The van der Waals surface area contributed by atoms with Gasteiger partial charge in [0.1, 0.15) is 5.82 Å². The van der Waals surface area contributed by atoms with E-state index in [1.807, 2.05) is 42.9 Å². The van der Waals surface area contributed by atoms with Crippen LogP contribution in [0.25, 0.3) is 15.9 Å². The number of hydrogen-bond donors (Lipinski definition) is 1. The minimum Gasteiger partial charge on any atom is -0.354 e. The number of aromatic nitrogens is 5. The number of carbonyl (C=O) groups is 1. The van der Waals surface area contributed by atoms with Crippen molar-refractivity contribution < 1.29 is 4.79 Å². The Morgan fingerprint density at radius 3 is 2.62 bits per heavy atom. The highest BCUT2D eigenvalue weighted by molar-refractivity contribution is 7.99. The van der Waals surface area contributed by atoms with Crippen molar-refractivity contribution in [2.24, 2.45) is 7.05 Å². The fourth-order valence-corrected chi connectivity index (χ4v) is 5.43. The van der Waals surface area contributed by atoms with E-state index in [-0.39, 0.29) is 11.7 Å². The first kappa shape index (κ1) is 22.4. The molecule has 0 aliphatic heterocycles. The van der Waals surface area contributed by atoms with E-state index in [4.69, 9.17) is 0 Å². The van der Waals surface area contributed by atoms with Crippen molar-refractivity contribution in [3.63, 3.8) is 0 Å². The fourth-order valence-electron chi connectivity index (χ4n) is 3.67. The van der Waals surface area contributed by atoms with Crippen molar-refractivity contribution >= 4 is 44.4 Å². The Labute approximate surface area is 205 Å². The summed E-state index contributed by atoms with van der Waals surface area (Å²) < 4.78 is 5.17. The molecule has 0 aliphatic rings. The highest BCUT2D eigenvalue weighted by Gasteiger charge is 2.18. The van der Waals surface area contributed by atoms with Crippen LogP contribution in [0.2, 0.25) is 0 Å². The number of thiazole rings is 1. The number of anilines is 1. The summed E-state index contributed by atoms with van der Waals surface area (Å²) in [6.45, 7) is 4.11. The molecule has 5 aromatic rings. The molecular weight excluding hydrogens is 464 g/mol. The molecule has 0 bridgehead atoms. The predicted octanol–water partition coefficient (Wildman–Crippen LogP) is 5.15. The van der Waals surface area contributed by atoms with E-state index in [0.717, 1.165) is 27.4 Å². The number of thioether (sulfide) groups is 1. The third kappa shape index (κ3) is 4.76. The van der Waals surface area contributed by atoms with E-state index in [9.17, 15) is 4.79 Å². The molecule has 0 unspecified atom stereocenters. The van der Waals surface area contributed by atoms with Crippen LogP contribution in [0.4, 0.5) is 5.13 Å². The molecule has 1 amide bonds. The number of carbonyl (C=O) groups excluding carboxylic acids is 1. The first-order valence-electron chi connectivity index (χ1n) is 10.9. The third-order valence-electron chi connectivity index (χ3n) is 5.51. The lowest BCUT2D eigenvalue weighted by Gasteiger charge is -2.11. The number of benzene rings is 2. The largest absolute Gasteiger partial charge is 0.354 e. The molecule has 5 rings (SSSR count). The first-order chi connectivity index (χ1) is 16.5. The molecule has 0 saturated carbocycles. The smallest absolute Gasteiger partial charge is 0.236 e. The van der Waals surface area contributed by atoms with E-state index in [2.05, 4.69) is 68.4 Å². The van der Waals surface area contributed by atoms with Crippen LogP contribution in [0.15, 0.2) is 66.0 Å². The SMILES string of the molecule is Cc1ccc(-n2c(Cc3cccn3C)nnc2SCC(=O)Nc2nc3ccc(C)cc3s2)cc1. The summed E-state index contributed by atoms with van der Waals surface area (Å²) in [4.78, 5) is 17.2. The molecule has 3 aromatic heterocycles. The van der Waals surface area contributed by atoms with Crippen LogP contribution in [0.3, 0.4) is 0 Å². The maximum atomic E-state index is 12.7. The third-order valence-corrected chi connectivity index (χ3v) is 7.37. The van der Waals surface area contributed by atoms with Crippen LogP contribution in [-0.2, 0) is 18.3 Å². The van der Waals surface area contributed by atoms with E-state index in [0.29, 0.717) is 16.7 Å². The second-order valence-electron chi connectivity index (χ2n) is 8.18. The molecule has 0 aliphatic carbocycles. The predicted molar refractivity (Wildman–Crippen MR) is 138 cm³/mol. The van der Waals surface area contributed by atoms with Gasteiger partial charge in [-0.25, -0.2) is 4.98 Å². The van der Waals surface area contributed by atoms with Crippen molar-refractivity contribution in [1.82, 2.24) is 24.3 Å². The maximum absolute atomic E-state index is 12.7. The number of aryl methyl sites for hydroxylation is 3. The van der Waals surface area contributed by atoms with Crippen LogP contribution in [0, 0.1) is 13.8 Å². The van der Waals surface area contributed by atoms with Crippen LogP contribution in [-0.4, -0.2) is 36.0 Å². The highest BCUT2D eigenvalue weighted by atomic mass is 32.2. The fraction of sp³-hybridized carbons (Fsp3) is 0.200. The van der Waals surface area contributed by atoms with Crippen LogP contribution in [0.5, 0.6) is 0 Å². The summed E-state index contributed by atoms with van der Waals surface area (Å²) >= 11 is 2.85. The molecule has 0 saturated heterocycles. The van der Waals surface area contributed by atoms with Gasteiger partial charge in [-0.1, -0.05) is 46.9 Å². The molecule has 172 valence electrons. The van der Waals surface area contributed by atoms with Gasteiger partial charge >= 0.3 is 0 Å². The van der Waals surface area contributed by atoms with Gasteiger partial charge in [0.2, 0.25) is 5.91 Å². The molecule has 0 radical (unpaired) electrons. The average Bonchev–Trinajstić information content (AvgIpc) is 3.51. The molecule has 2 aromatic carbocycles. The van der Waals surface area contributed by atoms with Gasteiger partial charge in [0.05, 0.1) is 16.0 Å². The van der Waals surface area contributed by atoms with Gasteiger partial charge in [0.25, 0.3) is 0 Å². The lowest BCUT2D eigenvalue weighted by Crippen LogP contribution is -2.14. The van der Waals surface area contributed by atoms with Crippen LogP contribution >= 0.6 is 23.1 Å². The number of rotatable bonds is 7. The second kappa shape index (κ2) is 9.44. The summed E-state index contributed by atoms with van der Waals surface area (Å²) in [6, 6.07) is 18.4. The van der Waals surface area contributed by atoms with E-state index < -0.39 is 0 Å². The van der Waals surface area contributed by atoms with Gasteiger partial charge in [-0.2, -0.15) is 0 Å². The summed E-state index contributed by atoms with van der Waals surface area (Å²) in [5.74, 6) is 0.918. The number of nitrogens with one attached hydrogen (secondary N) is 1. The van der Waals surface area contributed by atoms with Crippen molar-refractivity contribution in [2.75, 3.05) is 11.1 Å². The maximum Gasteiger partial charge on any atom is 0.236 e. The van der Waals surface area contributed by atoms with Crippen LogP contribution < -0.4 is 5.32 Å².